The minimum atomic E-state index is -0.166. The molecule has 2 heterocycles. The van der Waals surface area contributed by atoms with E-state index in [4.69, 9.17) is 24.7 Å². The number of hydrogen-bond donors (Lipinski definition) is 1. The van der Waals surface area contributed by atoms with Crippen LogP contribution in [0.25, 0.3) is 5.57 Å². The lowest BCUT2D eigenvalue weighted by molar-refractivity contribution is 0.0817. The van der Waals surface area contributed by atoms with Crippen molar-refractivity contribution < 1.29 is 28.5 Å². The Morgan fingerprint density at radius 1 is 0.930 bits per heavy atom. The van der Waals surface area contributed by atoms with Gasteiger partial charge in [-0.15, -0.1) is 0 Å². The number of methoxy groups -OCH3 is 2. The third-order valence-corrected chi connectivity index (χ3v) is 7.69. The summed E-state index contributed by atoms with van der Waals surface area (Å²) in [5, 5.41) is 0. The number of unbranched alkanes of at least 4 members (excludes halogenated alkanes) is 2. The van der Waals surface area contributed by atoms with Gasteiger partial charge in [-0.1, -0.05) is 12.1 Å². The SMILES string of the molecule is COc1cc(C(C)=O)c(C)cc1OCCCCCOc1cc2c(cc1OC)C(=O)N1C=C(c3ccc(N)cc3)CC1C=N2. The lowest BCUT2D eigenvalue weighted by Gasteiger charge is -2.19. The van der Waals surface area contributed by atoms with Gasteiger partial charge in [0.15, 0.2) is 28.8 Å². The van der Waals surface area contributed by atoms with E-state index in [1.807, 2.05) is 49.7 Å². The Balaban J connectivity index is 1.16. The molecule has 224 valence electrons. The number of nitrogen functional groups attached to an aromatic ring is 1. The molecule has 9 heteroatoms. The van der Waals surface area contributed by atoms with Gasteiger partial charge in [0.25, 0.3) is 5.91 Å². The first kappa shape index (κ1) is 29.7. The topological polar surface area (TPSA) is 113 Å². The maximum absolute atomic E-state index is 13.5. The van der Waals surface area contributed by atoms with Crippen LogP contribution in [0.5, 0.6) is 23.0 Å². The first-order valence-corrected chi connectivity index (χ1v) is 14.4. The fraction of sp³-hybridized carbons (Fsp3) is 0.324. The van der Waals surface area contributed by atoms with E-state index < -0.39 is 0 Å². The van der Waals surface area contributed by atoms with Crippen molar-refractivity contribution in [3.8, 4) is 23.0 Å². The second-order valence-electron chi connectivity index (χ2n) is 10.7. The van der Waals surface area contributed by atoms with E-state index in [1.165, 1.54) is 6.92 Å². The molecule has 0 aliphatic carbocycles. The molecule has 0 aromatic heterocycles. The average molecular weight is 584 g/mol. The van der Waals surface area contributed by atoms with Gasteiger partial charge in [-0.3, -0.25) is 14.6 Å². The van der Waals surface area contributed by atoms with Crippen LogP contribution < -0.4 is 24.7 Å². The maximum atomic E-state index is 13.5. The molecule has 0 radical (unpaired) electrons. The van der Waals surface area contributed by atoms with Crippen molar-refractivity contribution in [1.29, 1.82) is 0 Å². The molecule has 0 spiro atoms. The molecule has 43 heavy (non-hydrogen) atoms. The maximum Gasteiger partial charge on any atom is 0.260 e. The molecular formula is C34H37N3O6. The number of benzene rings is 3. The molecule has 9 nitrogen and oxygen atoms in total. The number of aliphatic imine (C=N–C) groups is 1. The van der Waals surface area contributed by atoms with E-state index >= 15 is 0 Å². The number of anilines is 1. The Morgan fingerprint density at radius 2 is 1.58 bits per heavy atom. The fourth-order valence-electron chi connectivity index (χ4n) is 5.33. The van der Waals surface area contributed by atoms with Gasteiger partial charge in [0.2, 0.25) is 0 Å². The summed E-state index contributed by atoms with van der Waals surface area (Å²) in [7, 11) is 3.13. The third kappa shape index (κ3) is 6.51. The average Bonchev–Trinajstić information content (AvgIpc) is 3.38. The van der Waals surface area contributed by atoms with Gasteiger partial charge in [-0.25, -0.2) is 0 Å². The first-order chi connectivity index (χ1) is 20.8. The Kier molecular flexibility index (Phi) is 8.99. The van der Waals surface area contributed by atoms with E-state index in [2.05, 4.69) is 4.99 Å². The number of fused-ring (bicyclic) bond motifs is 2. The highest BCUT2D eigenvalue weighted by atomic mass is 16.5. The number of Topliss-reactive ketones (excluding diaryl/α,β-unsaturated/α-hetero) is 1. The highest BCUT2D eigenvalue weighted by Gasteiger charge is 2.33. The Bertz CT molecular complexity index is 1580. The predicted octanol–water partition coefficient (Wildman–Crippen LogP) is 6.40. The number of hydrogen-bond acceptors (Lipinski definition) is 8. The summed E-state index contributed by atoms with van der Waals surface area (Å²) < 4.78 is 23.0. The molecule has 5 rings (SSSR count). The van der Waals surface area contributed by atoms with Crippen LogP contribution in [-0.4, -0.2) is 56.3 Å². The Labute approximate surface area is 251 Å². The highest BCUT2D eigenvalue weighted by Crippen LogP contribution is 2.40. The lowest BCUT2D eigenvalue weighted by Crippen LogP contribution is -2.32. The van der Waals surface area contributed by atoms with E-state index in [0.29, 0.717) is 65.1 Å². The summed E-state index contributed by atoms with van der Waals surface area (Å²) in [4.78, 5) is 31.8. The smallest absolute Gasteiger partial charge is 0.260 e. The van der Waals surface area contributed by atoms with Crippen LogP contribution in [0.2, 0.25) is 0 Å². The number of nitrogens with zero attached hydrogens (tertiary/aromatic N) is 2. The fourth-order valence-corrected chi connectivity index (χ4v) is 5.33. The van der Waals surface area contributed by atoms with Crippen LogP contribution in [-0.2, 0) is 0 Å². The number of carbonyl (C=O) groups is 2. The van der Waals surface area contributed by atoms with Crippen molar-refractivity contribution in [2.24, 2.45) is 4.99 Å². The molecule has 1 amide bonds. The number of aryl methyl sites for hydroxylation is 1. The van der Waals surface area contributed by atoms with Gasteiger partial charge in [-0.2, -0.15) is 0 Å². The Morgan fingerprint density at radius 3 is 2.23 bits per heavy atom. The zero-order valence-electron chi connectivity index (χ0n) is 25.0. The second-order valence-corrected chi connectivity index (χ2v) is 10.7. The zero-order valence-corrected chi connectivity index (χ0v) is 25.0. The predicted molar refractivity (Wildman–Crippen MR) is 167 cm³/mol. The Hall–Kier alpha value is -4.79. The van der Waals surface area contributed by atoms with Crippen molar-refractivity contribution >= 4 is 34.9 Å². The number of ketones is 1. The molecule has 0 bridgehead atoms. The molecule has 3 aromatic rings. The van der Waals surface area contributed by atoms with E-state index in [0.717, 1.165) is 36.0 Å². The summed E-state index contributed by atoms with van der Waals surface area (Å²) >= 11 is 0. The number of amides is 1. The number of carbonyl (C=O) groups excluding carboxylic acids is 2. The zero-order chi connectivity index (χ0) is 30.5. The lowest BCUT2D eigenvalue weighted by atomic mass is 10.0. The number of rotatable bonds is 12. The van der Waals surface area contributed by atoms with Gasteiger partial charge in [-0.05, 0) is 80.1 Å². The third-order valence-electron chi connectivity index (χ3n) is 7.69. The van der Waals surface area contributed by atoms with E-state index in [-0.39, 0.29) is 17.7 Å². The van der Waals surface area contributed by atoms with Gasteiger partial charge in [0.05, 0.1) is 44.7 Å². The first-order valence-electron chi connectivity index (χ1n) is 14.4. The van der Waals surface area contributed by atoms with Crippen molar-refractivity contribution in [3.63, 3.8) is 0 Å². The van der Waals surface area contributed by atoms with E-state index in [9.17, 15) is 9.59 Å². The largest absolute Gasteiger partial charge is 0.493 e. The molecule has 2 N–H and O–H groups in total. The second kappa shape index (κ2) is 13.0. The number of nitrogens with two attached hydrogens (primary N) is 1. The van der Waals surface area contributed by atoms with Crippen molar-refractivity contribution in [3.05, 3.63) is 77.0 Å². The van der Waals surface area contributed by atoms with Gasteiger partial charge in [0.1, 0.15) is 0 Å². The summed E-state index contributed by atoms with van der Waals surface area (Å²) in [6.07, 6.45) is 6.91. The van der Waals surface area contributed by atoms with Gasteiger partial charge < -0.3 is 29.6 Å². The van der Waals surface area contributed by atoms with Crippen molar-refractivity contribution in [1.82, 2.24) is 4.90 Å². The minimum Gasteiger partial charge on any atom is -0.493 e. The van der Waals surface area contributed by atoms with Crippen LogP contribution in [0.15, 0.2) is 59.7 Å². The summed E-state index contributed by atoms with van der Waals surface area (Å²) in [5.74, 6) is 2.08. The van der Waals surface area contributed by atoms with Crippen LogP contribution in [0.3, 0.4) is 0 Å². The molecule has 1 unspecified atom stereocenters. The van der Waals surface area contributed by atoms with Crippen LogP contribution in [0, 0.1) is 6.92 Å². The molecule has 0 saturated carbocycles. The molecule has 0 fully saturated rings. The summed E-state index contributed by atoms with van der Waals surface area (Å²) in [6, 6.07) is 14.6. The van der Waals surface area contributed by atoms with Crippen molar-refractivity contribution in [2.75, 3.05) is 33.2 Å². The standard InChI is InChI=1S/C34H37N3O6/c1-21-14-32(30(40-3)16-27(21)22(2)38)42-12-6-5-7-13-43-33-18-29-28(17-31(33)41-4)34(39)37-20-24(15-26(37)19-36-29)23-8-10-25(35)11-9-23/h8-11,14,16-20,26H,5-7,12-13,15,35H2,1-4H3. The molecule has 0 saturated heterocycles. The number of ether oxygens (including phenoxy) is 4. The van der Waals surface area contributed by atoms with Crippen LogP contribution in [0.4, 0.5) is 11.4 Å². The molecule has 1 atom stereocenters. The van der Waals surface area contributed by atoms with Gasteiger partial charge >= 0.3 is 0 Å². The normalized spacial score (nSPS) is 15.3. The van der Waals surface area contributed by atoms with Crippen LogP contribution >= 0.6 is 0 Å². The monoisotopic (exact) mass is 583 g/mol. The van der Waals surface area contributed by atoms with Crippen LogP contribution in [0.1, 0.15) is 64.4 Å². The van der Waals surface area contributed by atoms with Crippen molar-refractivity contribution in [2.45, 2.75) is 45.6 Å². The summed E-state index contributed by atoms with van der Waals surface area (Å²) in [5.41, 5.74) is 11.2. The molecular weight excluding hydrogens is 546 g/mol. The molecule has 3 aromatic carbocycles. The highest BCUT2D eigenvalue weighted by molar-refractivity contribution is 6.05. The van der Waals surface area contributed by atoms with E-state index in [1.54, 1.807) is 37.3 Å². The summed E-state index contributed by atoms with van der Waals surface area (Å²) in [6.45, 7) is 4.42. The quantitative estimate of drug-likeness (QED) is 0.149. The molecule has 2 aliphatic heterocycles. The minimum absolute atomic E-state index is 0.00613. The molecule has 2 aliphatic rings. The van der Waals surface area contributed by atoms with Gasteiger partial charge in [0, 0.05) is 36.2 Å².